The minimum atomic E-state index is -1.15. The first-order chi connectivity index (χ1) is 3.50. The predicted molar refractivity (Wildman–Crippen MR) is 46.4 cm³/mol. The van der Waals surface area contributed by atoms with Gasteiger partial charge in [0.05, 0.1) is 0 Å². The van der Waals surface area contributed by atoms with Gasteiger partial charge in [0.1, 0.15) is 0 Å². The Morgan fingerprint density at radius 2 is 1.75 bits per heavy atom. The maximum Gasteiger partial charge on any atom is 0.203 e. The standard InChI is InChI=1S/C2HBrCl4S/c3-8-2(6,7)1(4)5/h1H. The largest absolute Gasteiger partial charge is 0.203 e. The molecule has 0 fully saturated rings. The average molecular weight is 279 g/mol. The van der Waals surface area contributed by atoms with Crippen molar-refractivity contribution < 1.29 is 0 Å². The van der Waals surface area contributed by atoms with Crippen molar-refractivity contribution >= 4 is 71.4 Å². The van der Waals surface area contributed by atoms with Crippen molar-refractivity contribution in [1.82, 2.24) is 0 Å². The Hall–Kier alpha value is 1.99. The molecule has 0 aromatic carbocycles. The first-order valence-electron chi connectivity index (χ1n) is 1.46. The topological polar surface area (TPSA) is 0 Å². The molecule has 6 heteroatoms. The first kappa shape index (κ1) is 9.99. The zero-order valence-corrected chi connectivity index (χ0v) is 8.80. The third-order valence-corrected chi connectivity index (χ3v) is 5.71. The van der Waals surface area contributed by atoms with Gasteiger partial charge < -0.3 is 0 Å². The molecule has 0 saturated carbocycles. The van der Waals surface area contributed by atoms with E-state index in [4.69, 9.17) is 46.4 Å². The molecule has 0 bridgehead atoms. The molecule has 0 aromatic rings. The van der Waals surface area contributed by atoms with Gasteiger partial charge in [-0.15, -0.1) is 23.2 Å². The first-order valence-corrected chi connectivity index (χ1v) is 5.75. The zero-order valence-electron chi connectivity index (χ0n) is 3.38. The van der Waals surface area contributed by atoms with E-state index in [1.165, 1.54) is 0 Å². The fourth-order valence-corrected chi connectivity index (χ4v) is 1.57. The number of rotatable bonds is 2. The van der Waals surface area contributed by atoms with Gasteiger partial charge in [0.2, 0.25) is 3.67 Å². The van der Waals surface area contributed by atoms with Crippen LogP contribution in [0.1, 0.15) is 0 Å². The van der Waals surface area contributed by atoms with E-state index in [0.717, 1.165) is 10.2 Å². The lowest BCUT2D eigenvalue weighted by Crippen LogP contribution is -2.14. The summed E-state index contributed by atoms with van der Waals surface area (Å²) in [5.74, 6) is 0. The Morgan fingerprint density at radius 3 is 1.75 bits per heavy atom. The number of halogens is 5. The van der Waals surface area contributed by atoms with E-state index in [1.807, 2.05) is 0 Å². The van der Waals surface area contributed by atoms with Crippen LogP contribution in [0.5, 0.6) is 0 Å². The highest BCUT2D eigenvalue weighted by Crippen LogP contribution is 2.45. The smallest absolute Gasteiger partial charge is 0.101 e. The normalized spacial score (nSPS) is 12.8. The molecular weight excluding hydrogens is 278 g/mol. The summed E-state index contributed by atoms with van der Waals surface area (Å²) in [6, 6.07) is 0. The lowest BCUT2D eigenvalue weighted by atomic mass is 10.9. The van der Waals surface area contributed by atoms with Crippen molar-refractivity contribution in [1.29, 1.82) is 0 Å². The van der Waals surface area contributed by atoms with E-state index in [2.05, 4.69) is 14.8 Å². The summed E-state index contributed by atoms with van der Waals surface area (Å²) in [4.78, 5) is -0.796. The van der Waals surface area contributed by atoms with Crippen LogP contribution in [-0.2, 0) is 0 Å². The third kappa shape index (κ3) is 3.23. The van der Waals surface area contributed by atoms with E-state index in [-0.39, 0.29) is 0 Å². The molecular formula is C2HBrCl4S. The fourth-order valence-electron chi connectivity index (χ4n) is 0.0337. The van der Waals surface area contributed by atoms with Crippen LogP contribution >= 0.6 is 71.4 Å². The van der Waals surface area contributed by atoms with Crippen molar-refractivity contribution in [3.8, 4) is 0 Å². The van der Waals surface area contributed by atoms with E-state index in [0.29, 0.717) is 0 Å². The van der Waals surface area contributed by atoms with Gasteiger partial charge in [-0.25, -0.2) is 0 Å². The van der Waals surface area contributed by atoms with E-state index < -0.39 is 8.50 Å². The van der Waals surface area contributed by atoms with Crippen LogP contribution in [0.2, 0.25) is 0 Å². The van der Waals surface area contributed by atoms with Gasteiger partial charge >= 0.3 is 0 Å². The molecule has 0 heterocycles. The number of alkyl halides is 4. The highest BCUT2D eigenvalue weighted by atomic mass is 79.9. The summed E-state index contributed by atoms with van der Waals surface area (Å²) in [5, 5.41) is 0. The maximum atomic E-state index is 5.47. The van der Waals surface area contributed by atoms with Gasteiger partial charge in [-0.05, 0) is 25.0 Å². The molecule has 0 aliphatic carbocycles. The van der Waals surface area contributed by atoms with Crippen molar-refractivity contribution in [3.63, 3.8) is 0 Å². The van der Waals surface area contributed by atoms with Gasteiger partial charge in [0.15, 0.2) is 4.84 Å². The lowest BCUT2D eigenvalue weighted by Gasteiger charge is -2.14. The predicted octanol–water partition coefficient (Wildman–Crippen LogP) is 3.96. The zero-order chi connectivity index (χ0) is 6.78. The fraction of sp³-hybridized carbons (Fsp3) is 1.00. The molecule has 0 aliphatic heterocycles. The second kappa shape index (κ2) is 3.99. The molecule has 8 heavy (non-hydrogen) atoms. The summed E-state index contributed by atoms with van der Waals surface area (Å²) in [7, 11) is 1.01. The molecule has 0 aromatic heterocycles. The van der Waals surface area contributed by atoms with Gasteiger partial charge in [-0.2, -0.15) is 0 Å². The molecule has 0 unspecified atom stereocenters. The van der Waals surface area contributed by atoms with Crippen LogP contribution in [-0.4, -0.2) is 8.50 Å². The van der Waals surface area contributed by atoms with Crippen molar-refractivity contribution in [3.05, 3.63) is 0 Å². The van der Waals surface area contributed by atoms with E-state index in [1.54, 1.807) is 0 Å². The van der Waals surface area contributed by atoms with Gasteiger partial charge in [-0.3, -0.25) is 0 Å². The SMILES string of the molecule is ClC(Cl)C(Cl)(Cl)SBr. The molecule has 50 valence electrons. The Balaban J connectivity index is 3.71. The van der Waals surface area contributed by atoms with Crippen molar-refractivity contribution in [2.45, 2.75) is 8.50 Å². The summed E-state index contributed by atoms with van der Waals surface area (Å²) in [6.45, 7) is 0. The summed E-state index contributed by atoms with van der Waals surface area (Å²) < 4.78 is -1.15. The molecule has 0 atom stereocenters. The van der Waals surface area contributed by atoms with Crippen LogP contribution in [0.25, 0.3) is 0 Å². The molecule has 0 rings (SSSR count). The van der Waals surface area contributed by atoms with Gasteiger partial charge in [0, 0.05) is 0 Å². The molecule has 0 radical (unpaired) electrons. The van der Waals surface area contributed by atoms with Crippen LogP contribution in [0.4, 0.5) is 0 Å². The molecule has 0 aliphatic rings. The molecule has 0 saturated heterocycles. The van der Waals surface area contributed by atoms with Crippen LogP contribution < -0.4 is 0 Å². The molecule has 0 spiro atoms. The Morgan fingerprint density at radius 1 is 1.38 bits per heavy atom. The quantitative estimate of drug-likeness (QED) is 0.689. The number of hydrogen-bond donors (Lipinski definition) is 0. The van der Waals surface area contributed by atoms with Gasteiger partial charge in [-0.1, -0.05) is 23.2 Å². The van der Waals surface area contributed by atoms with Crippen molar-refractivity contribution in [2.24, 2.45) is 0 Å². The minimum Gasteiger partial charge on any atom is -0.101 e. The second-order valence-electron chi connectivity index (χ2n) is 0.940. The van der Waals surface area contributed by atoms with E-state index in [9.17, 15) is 0 Å². The lowest BCUT2D eigenvalue weighted by molar-refractivity contribution is 1.22. The van der Waals surface area contributed by atoms with Gasteiger partial charge in [0.25, 0.3) is 0 Å². The highest BCUT2D eigenvalue weighted by Gasteiger charge is 2.31. The van der Waals surface area contributed by atoms with E-state index >= 15 is 0 Å². The maximum absolute atomic E-state index is 5.47. The summed E-state index contributed by atoms with van der Waals surface area (Å²) in [6.07, 6.45) is 0. The molecule has 0 amide bonds. The Kier molecular flexibility index (Phi) is 4.99. The second-order valence-corrected chi connectivity index (χ2v) is 5.64. The van der Waals surface area contributed by atoms with Crippen LogP contribution in [0.3, 0.4) is 0 Å². The van der Waals surface area contributed by atoms with Crippen LogP contribution in [0.15, 0.2) is 0 Å². The minimum absolute atomic E-state index is 0.796. The number of hydrogen-bond acceptors (Lipinski definition) is 1. The average Bonchev–Trinajstić information content (AvgIpc) is 1.67. The van der Waals surface area contributed by atoms with Crippen molar-refractivity contribution in [2.75, 3.05) is 0 Å². The Labute approximate surface area is 79.4 Å². The monoisotopic (exact) mass is 276 g/mol. The summed E-state index contributed by atoms with van der Waals surface area (Å²) >= 11 is 24.5. The summed E-state index contributed by atoms with van der Waals surface area (Å²) in [5.41, 5.74) is 0. The third-order valence-electron chi connectivity index (χ3n) is 0.357. The highest BCUT2D eigenvalue weighted by molar-refractivity contribution is 9.50. The Bertz CT molecular complexity index is 74.4. The molecule has 0 N–H and O–H groups in total. The molecule has 0 nitrogen and oxygen atoms in total. The van der Waals surface area contributed by atoms with Crippen LogP contribution in [0, 0.1) is 0 Å².